The molecule has 0 bridgehead atoms. The first-order chi connectivity index (χ1) is 14.6. The number of hydrogen-bond acceptors (Lipinski definition) is 4. The molecule has 1 amide bonds. The third-order valence-electron chi connectivity index (χ3n) is 5.93. The first kappa shape index (κ1) is 21.1. The molecule has 1 aromatic carbocycles. The molecule has 5 nitrogen and oxygen atoms in total. The maximum absolute atomic E-state index is 12.7. The van der Waals surface area contributed by atoms with E-state index in [1.54, 1.807) is 0 Å². The van der Waals surface area contributed by atoms with Crippen LogP contribution in [-0.2, 0) is 6.54 Å². The highest BCUT2D eigenvalue weighted by atomic mass is 32.1. The van der Waals surface area contributed by atoms with Crippen LogP contribution in [0.4, 0.5) is 0 Å². The summed E-state index contributed by atoms with van der Waals surface area (Å²) in [5, 5.41) is 8.86. The Balaban J connectivity index is 1.29. The van der Waals surface area contributed by atoms with Gasteiger partial charge in [0.15, 0.2) is 0 Å². The van der Waals surface area contributed by atoms with Crippen LogP contribution < -0.4 is 5.32 Å². The van der Waals surface area contributed by atoms with E-state index < -0.39 is 0 Å². The predicted octanol–water partition coefficient (Wildman–Crippen LogP) is 4.70. The molecule has 2 aromatic heterocycles. The van der Waals surface area contributed by atoms with Crippen molar-refractivity contribution in [2.75, 3.05) is 26.2 Å². The number of aromatic nitrogens is 2. The smallest absolute Gasteiger partial charge is 0.261 e. The van der Waals surface area contributed by atoms with E-state index in [-0.39, 0.29) is 5.91 Å². The summed E-state index contributed by atoms with van der Waals surface area (Å²) in [6.45, 7) is 9.44. The number of fused-ring (bicyclic) bond motifs is 1. The molecule has 0 radical (unpaired) electrons. The van der Waals surface area contributed by atoms with Crippen LogP contribution in [0.3, 0.4) is 0 Å². The van der Waals surface area contributed by atoms with Gasteiger partial charge in [0, 0.05) is 18.5 Å². The monoisotopic (exact) mass is 424 g/mol. The van der Waals surface area contributed by atoms with Crippen LogP contribution in [0.25, 0.3) is 10.2 Å². The van der Waals surface area contributed by atoms with Crippen molar-refractivity contribution in [3.8, 4) is 0 Å². The maximum atomic E-state index is 12.7. The number of carbonyl (C=O) groups excluding carboxylic acids is 1. The van der Waals surface area contributed by atoms with Crippen molar-refractivity contribution in [3.63, 3.8) is 0 Å². The van der Waals surface area contributed by atoms with Gasteiger partial charge in [0.2, 0.25) is 0 Å². The largest absolute Gasteiger partial charge is 0.351 e. The Morgan fingerprint density at radius 2 is 2.10 bits per heavy atom. The summed E-state index contributed by atoms with van der Waals surface area (Å²) < 4.78 is 2.01. The lowest BCUT2D eigenvalue weighted by molar-refractivity contribution is 0.0956. The first-order valence-electron chi connectivity index (χ1n) is 11.1. The topological polar surface area (TPSA) is 50.2 Å². The summed E-state index contributed by atoms with van der Waals surface area (Å²) in [6.07, 6.45) is 4.86. The van der Waals surface area contributed by atoms with Gasteiger partial charge in [-0.1, -0.05) is 37.3 Å². The number of nitrogens with zero attached hydrogens (tertiary/aromatic N) is 3. The fourth-order valence-corrected chi connectivity index (χ4v) is 5.40. The van der Waals surface area contributed by atoms with Crippen molar-refractivity contribution < 1.29 is 4.79 Å². The highest BCUT2D eigenvalue weighted by Crippen LogP contribution is 2.29. The van der Waals surface area contributed by atoms with Gasteiger partial charge in [-0.05, 0) is 63.2 Å². The van der Waals surface area contributed by atoms with Crippen molar-refractivity contribution >= 4 is 27.5 Å². The molecule has 1 unspecified atom stereocenters. The maximum Gasteiger partial charge on any atom is 0.261 e. The molecule has 1 saturated heterocycles. The van der Waals surface area contributed by atoms with E-state index in [0.29, 0.717) is 0 Å². The normalized spacial score (nSPS) is 17.5. The standard InChI is InChI=1S/C24H32N4OS/c1-18-9-8-14-27(16-18)13-7-6-12-25-23(29)22-15-21-19(2)26-28(24(21)30-22)17-20-10-4-3-5-11-20/h3-5,10-11,15,18H,6-9,12-14,16-17H2,1-2H3,(H,25,29). The average Bonchev–Trinajstić information content (AvgIpc) is 3.30. The van der Waals surface area contributed by atoms with Gasteiger partial charge in [0.25, 0.3) is 5.91 Å². The van der Waals surface area contributed by atoms with E-state index in [4.69, 9.17) is 0 Å². The number of carbonyl (C=O) groups is 1. The highest BCUT2D eigenvalue weighted by Gasteiger charge is 2.17. The molecule has 1 aliphatic heterocycles. The lowest BCUT2D eigenvalue weighted by atomic mass is 10.0. The third kappa shape index (κ3) is 5.10. The van der Waals surface area contributed by atoms with E-state index in [9.17, 15) is 4.79 Å². The second-order valence-corrected chi connectivity index (χ2v) is 9.60. The molecule has 0 saturated carbocycles. The van der Waals surface area contributed by atoms with Gasteiger partial charge in [-0.2, -0.15) is 5.10 Å². The summed E-state index contributed by atoms with van der Waals surface area (Å²) in [6, 6.07) is 12.3. The minimum absolute atomic E-state index is 0.0356. The van der Waals surface area contributed by atoms with Crippen molar-refractivity contribution in [3.05, 3.63) is 52.5 Å². The lowest BCUT2D eigenvalue weighted by Gasteiger charge is -2.30. The van der Waals surface area contributed by atoms with Gasteiger partial charge in [-0.25, -0.2) is 0 Å². The number of likely N-dealkylation sites (tertiary alicyclic amines) is 1. The number of benzene rings is 1. The van der Waals surface area contributed by atoms with E-state index in [1.165, 1.54) is 42.8 Å². The predicted molar refractivity (Wildman–Crippen MR) is 124 cm³/mol. The van der Waals surface area contributed by atoms with Gasteiger partial charge in [0.05, 0.1) is 17.1 Å². The van der Waals surface area contributed by atoms with Crippen LogP contribution in [-0.4, -0.2) is 46.8 Å². The number of unbranched alkanes of at least 4 members (excludes halogenated alkanes) is 1. The zero-order valence-corrected chi connectivity index (χ0v) is 18.9. The number of aryl methyl sites for hydroxylation is 1. The Morgan fingerprint density at radius 1 is 1.27 bits per heavy atom. The Bertz CT molecular complexity index is 978. The Kier molecular flexibility index (Phi) is 6.85. The van der Waals surface area contributed by atoms with E-state index in [2.05, 4.69) is 34.4 Å². The SMILES string of the molecule is Cc1nn(Cc2ccccc2)c2sc(C(=O)NCCCCN3CCCC(C)C3)cc12. The molecule has 3 aromatic rings. The average molecular weight is 425 g/mol. The number of amides is 1. The summed E-state index contributed by atoms with van der Waals surface area (Å²) >= 11 is 1.54. The molecule has 30 heavy (non-hydrogen) atoms. The fraction of sp³-hybridized carbons (Fsp3) is 0.500. The van der Waals surface area contributed by atoms with Gasteiger partial charge in [-0.15, -0.1) is 11.3 Å². The number of piperidine rings is 1. The number of hydrogen-bond donors (Lipinski definition) is 1. The number of thiophene rings is 1. The molecule has 1 atom stereocenters. The molecule has 6 heteroatoms. The van der Waals surface area contributed by atoms with Crippen LogP contribution in [0.15, 0.2) is 36.4 Å². The molecular weight excluding hydrogens is 392 g/mol. The zero-order valence-electron chi connectivity index (χ0n) is 18.1. The number of nitrogens with one attached hydrogen (secondary N) is 1. The molecule has 0 aliphatic carbocycles. The summed E-state index contributed by atoms with van der Waals surface area (Å²) in [4.78, 5) is 17.1. The lowest BCUT2D eigenvalue weighted by Crippen LogP contribution is -2.35. The van der Waals surface area contributed by atoms with Crippen LogP contribution in [0, 0.1) is 12.8 Å². The molecule has 3 heterocycles. The van der Waals surface area contributed by atoms with Crippen LogP contribution in [0.5, 0.6) is 0 Å². The fourth-order valence-electron chi connectivity index (χ4n) is 4.33. The van der Waals surface area contributed by atoms with Crippen LogP contribution in [0.2, 0.25) is 0 Å². The minimum Gasteiger partial charge on any atom is -0.351 e. The molecule has 1 aliphatic rings. The van der Waals surface area contributed by atoms with Gasteiger partial charge < -0.3 is 10.2 Å². The minimum atomic E-state index is 0.0356. The summed E-state index contributed by atoms with van der Waals surface area (Å²) in [7, 11) is 0. The highest BCUT2D eigenvalue weighted by molar-refractivity contribution is 7.20. The van der Waals surface area contributed by atoms with Crippen molar-refractivity contribution in [1.82, 2.24) is 20.0 Å². The number of rotatable bonds is 8. The Labute approximate surface area is 183 Å². The molecule has 160 valence electrons. The van der Waals surface area contributed by atoms with Gasteiger partial charge in [0.1, 0.15) is 4.83 Å². The second-order valence-electron chi connectivity index (χ2n) is 8.57. The van der Waals surface area contributed by atoms with Crippen LogP contribution in [0.1, 0.15) is 53.5 Å². The zero-order chi connectivity index (χ0) is 20.9. The summed E-state index contributed by atoms with van der Waals surface area (Å²) in [5.41, 5.74) is 2.19. The van der Waals surface area contributed by atoms with Crippen molar-refractivity contribution in [2.24, 2.45) is 5.92 Å². The molecule has 0 spiro atoms. The quantitative estimate of drug-likeness (QED) is 0.534. The van der Waals surface area contributed by atoms with E-state index in [0.717, 1.165) is 59.2 Å². The second kappa shape index (κ2) is 9.75. The van der Waals surface area contributed by atoms with Gasteiger partial charge >= 0.3 is 0 Å². The first-order valence-corrected chi connectivity index (χ1v) is 11.9. The van der Waals surface area contributed by atoms with E-state index in [1.807, 2.05) is 35.9 Å². The van der Waals surface area contributed by atoms with Crippen molar-refractivity contribution in [2.45, 2.75) is 46.1 Å². The molecule has 1 fully saturated rings. The summed E-state index contributed by atoms with van der Waals surface area (Å²) in [5.74, 6) is 0.862. The van der Waals surface area contributed by atoms with E-state index >= 15 is 0 Å². The Morgan fingerprint density at radius 3 is 2.90 bits per heavy atom. The van der Waals surface area contributed by atoms with Crippen molar-refractivity contribution in [1.29, 1.82) is 0 Å². The molecular formula is C24H32N4OS. The van der Waals surface area contributed by atoms with Crippen LogP contribution >= 0.6 is 11.3 Å². The Hall–Kier alpha value is -2.18. The third-order valence-corrected chi connectivity index (χ3v) is 7.08. The molecule has 1 N–H and O–H groups in total. The molecule has 4 rings (SSSR count). The van der Waals surface area contributed by atoms with Gasteiger partial charge in [-0.3, -0.25) is 9.48 Å².